The highest BCUT2D eigenvalue weighted by molar-refractivity contribution is 5.76. The lowest BCUT2D eigenvalue weighted by atomic mass is 10.0. The molecule has 0 heterocycles. The highest BCUT2D eigenvalue weighted by Gasteiger charge is 2.09. The van der Waals surface area contributed by atoms with Gasteiger partial charge in [-0.15, -0.1) is 0 Å². The molecule has 2 unspecified atom stereocenters. The molecule has 2 atom stereocenters. The van der Waals surface area contributed by atoms with Crippen LogP contribution in [0, 0.1) is 5.92 Å². The Morgan fingerprint density at radius 1 is 1.19 bits per heavy atom. The smallest absolute Gasteiger partial charge is 0.220 e. The number of hydrogen-bond donors (Lipinski definition) is 3. The number of aryl methyl sites for hydroxylation is 1. The van der Waals surface area contributed by atoms with E-state index in [0.717, 1.165) is 25.7 Å². The summed E-state index contributed by atoms with van der Waals surface area (Å²) in [6.45, 7) is 4.85. The van der Waals surface area contributed by atoms with E-state index in [1.165, 1.54) is 5.56 Å². The first kappa shape index (κ1) is 17.5. The van der Waals surface area contributed by atoms with E-state index in [1.54, 1.807) is 12.1 Å². The lowest BCUT2D eigenvalue weighted by molar-refractivity contribution is -0.122. The molecule has 0 fully saturated rings. The summed E-state index contributed by atoms with van der Waals surface area (Å²) in [5, 5.41) is 12.3. The van der Waals surface area contributed by atoms with Gasteiger partial charge in [0, 0.05) is 12.5 Å². The molecule has 1 aromatic rings. The van der Waals surface area contributed by atoms with Gasteiger partial charge in [-0.1, -0.05) is 19.1 Å². The second-order valence-electron chi connectivity index (χ2n) is 5.89. The molecular formula is C17H28N2O2. The van der Waals surface area contributed by atoms with Gasteiger partial charge in [0.1, 0.15) is 5.75 Å². The molecule has 118 valence electrons. The summed E-state index contributed by atoms with van der Waals surface area (Å²) in [6, 6.07) is 7.38. The number of carbonyl (C=O) groups excluding carboxylic acids is 1. The number of nitrogens with one attached hydrogen (secondary N) is 1. The molecule has 4 heteroatoms. The summed E-state index contributed by atoms with van der Waals surface area (Å²) in [7, 11) is 0. The first-order valence-corrected chi connectivity index (χ1v) is 7.78. The zero-order chi connectivity index (χ0) is 15.7. The van der Waals surface area contributed by atoms with E-state index in [0.29, 0.717) is 18.9 Å². The van der Waals surface area contributed by atoms with Crippen LogP contribution in [0.25, 0.3) is 0 Å². The van der Waals surface area contributed by atoms with Crippen LogP contribution in [0.1, 0.15) is 45.1 Å². The molecule has 0 aliphatic heterocycles. The van der Waals surface area contributed by atoms with Crippen molar-refractivity contribution in [2.24, 2.45) is 11.7 Å². The summed E-state index contributed by atoms with van der Waals surface area (Å²) in [4.78, 5) is 11.8. The van der Waals surface area contributed by atoms with Crippen molar-refractivity contribution in [3.8, 4) is 5.75 Å². The Balaban J connectivity index is 2.21. The van der Waals surface area contributed by atoms with Gasteiger partial charge < -0.3 is 16.2 Å². The SMILES string of the molecule is CC(CCN)CCC(=O)NC(C)CCc1ccc(O)cc1. The first-order valence-electron chi connectivity index (χ1n) is 7.78. The van der Waals surface area contributed by atoms with Crippen molar-refractivity contribution in [1.82, 2.24) is 5.32 Å². The van der Waals surface area contributed by atoms with Gasteiger partial charge in [-0.25, -0.2) is 0 Å². The molecule has 4 N–H and O–H groups in total. The van der Waals surface area contributed by atoms with Crippen molar-refractivity contribution in [2.75, 3.05) is 6.54 Å². The van der Waals surface area contributed by atoms with Gasteiger partial charge in [0.25, 0.3) is 0 Å². The van der Waals surface area contributed by atoms with Crippen molar-refractivity contribution < 1.29 is 9.90 Å². The zero-order valence-electron chi connectivity index (χ0n) is 13.1. The van der Waals surface area contributed by atoms with Crippen molar-refractivity contribution >= 4 is 5.91 Å². The van der Waals surface area contributed by atoms with E-state index in [9.17, 15) is 9.90 Å². The van der Waals surface area contributed by atoms with Crippen LogP contribution in [-0.2, 0) is 11.2 Å². The van der Waals surface area contributed by atoms with Crippen LogP contribution >= 0.6 is 0 Å². The Morgan fingerprint density at radius 2 is 1.86 bits per heavy atom. The van der Waals surface area contributed by atoms with Gasteiger partial charge in [0.15, 0.2) is 0 Å². The van der Waals surface area contributed by atoms with Gasteiger partial charge >= 0.3 is 0 Å². The van der Waals surface area contributed by atoms with Crippen LogP contribution in [0.3, 0.4) is 0 Å². The quantitative estimate of drug-likeness (QED) is 0.655. The monoisotopic (exact) mass is 292 g/mol. The Hall–Kier alpha value is -1.55. The third kappa shape index (κ3) is 7.71. The number of phenols is 1. The molecule has 4 nitrogen and oxygen atoms in total. The molecular weight excluding hydrogens is 264 g/mol. The molecule has 21 heavy (non-hydrogen) atoms. The van der Waals surface area contributed by atoms with E-state index in [1.807, 2.05) is 19.1 Å². The summed E-state index contributed by atoms with van der Waals surface area (Å²) in [5.74, 6) is 0.914. The third-order valence-corrected chi connectivity index (χ3v) is 3.73. The average Bonchev–Trinajstić information content (AvgIpc) is 2.45. The number of aromatic hydroxyl groups is 1. The molecule has 1 rings (SSSR count). The molecule has 0 radical (unpaired) electrons. The molecule has 0 saturated heterocycles. The third-order valence-electron chi connectivity index (χ3n) is 3.73. The van der Waals surface area contributed by atoms with Crippen LogP contribution in [0.4, 0.5) is 0 Å². The van der Waals surface area contributed by atoms with E-state index in [2.05, 4.69) is 12.2 Å². The average molecular weight is 292 g/mol. The van der Waals surface area contributed by atoms with Crippen LogP contribution in [-0.4, -0.2) is 23.6 Å². The van der Waals surface area contributed by atoms with Crippen LogP contribution < -0.4 is 11.1 Å². The van der Waals surface area contributed by atoms with Crippen LogP contribution in [0.2, 0.25) is 0 Å². The van der Waals surface area contributed by atoms with Crippen molar-refractivity contribution in [3.63, 3.8) is 0 Å². The maximum atomic E-state index is 11.8. The minimum absolute atomic E-state index is 0.122. The second kappa shape index (κ2) is 9.40. The van der Waals surface area contributed by atoms with Gasteiger partial charge in [-0.05, 0) is 62.8 Å². The molecule has 0 saturated carbocycles. The van der Waals surface area contributed by atoms with Gasteiger partial charge in [0.05, 0.1) is 0 Å². The van der Waals surface area contributed by atoms with Crippen molar-refractivity contribution in [2.45, 2.75) is 52.0 Å². The minimum Gasteiger partial charge on any atom is -0.508 e. The highest BCUT2D eigenvalue weighted by Crippen LogP contribution is 2.12. The van der Waals surface area contributed by atoms with Crippen molar-refractivity contribution in [3.05, 3.63) is 29.8 Å². The number of hydrogen-bond acceptors (Lipinski definition) is 3. The van der Waals surface area contributed by atoms with Gasteiger partial charge in [-0.3, -0.25) is 4.79 Å². The predicted octanol–water partition coefficient (Wildman–Crippen LogP) is 2.59. The molecule has 0 aliphatic rings. The molecule has 1 aromatic carbocycles. The summed E-state index contributed by atoms with van der Waals surface area (Å²) in [5.41, 5.74) is 6.68. The fraction of sp³-hybridized carbons (Fsp3) is 0.588. The lowest BCUT2D eigenvalue weighted by Crippen LogP contribution is -2.33. The van der Waals surface area contributed by atoms with Crippen molar-refractivity contribution in [1.29, 1.82) is 0 Å². The molecule has 0 aromatic heterocycles. The fourth-order valence-corrected chi connectivity index (χ4v) is 2.27. The van der Waals surface area contributed by atoms with Crippen LogP contribution in [0.15, 0.2) is 24.3 Å². The fourth-order valence-electron chi connectivity index (χ4n) is 2.27. The Labute approximate surface area is 127 Å². The number of nitrogens with two attached hydrogens (primary N) is 1. The molecule has 0 spiro atoms. The summed E-state index contributed by atoms with van der Waals surface area (Å²) < 4.78 is 0. The lowest BCUT2D eigenvalue weighted by Gasteiger charge is -2.15. The highest BCUT2D eigenvalue weighted by atomic mass is 16.3. The Bertz CT molecular complexity index is 417. The van der Waals surface area contributed by atoms with Gasteiger partial charge in [0.2, 0.25) is 5.91 Å². The number of carbonyl (C=O) groups is 1. The van der Waals surface area contributed by atoms with E-state index >= 15 is 0 Å². The maximum absolute atomic E-state index is 11.8. The number of benzene rings is 1. The number of amides is 1. The predicted molar refractivity (Wildman–Crippen MR) is 86.1 cm³/mol. The Morgan fingerprint density at radius 3 is 2.48 bits per heavy atom. The topological polar surface area (TPSA) is 75.4 Å². The van der Waals surface area contributed by atoms with E-state index in [4.69, 9.17) is 5.73 Å². The second-order valence-corrected chi connectivity index (χ2v) is 5.89. The maximum Gasteiger partial charge on any atom is 0.220 e. The molecule has 1 amide bonds. The number of phenolic OH excluding ortho intramolecular Hbond substituents is 1. The molecule has 0 aliphatic carbocycles. The normalized spacial score (nSPS) is 13.7. The minimum atomic E-state index is 0.122. The summed E-state index contributed by atoms with van der Waals surface area (Å²) >= 11 is 0. The first-order chi connectivity index (χ1) is 10.0. The number of rotatable bonds is 9. The molecule has 0 bridgehead atoms. The van der Waals surface area contributed by atoms with Crippen LogP contribution in [0.5, 0.6) is 5.75 Å². The zero-order valence-corrected chi connectivity index (χ0v) is 13.1. The largest absolute Gasteiger partial charge is 0.508 e. The van der Waals surface area contributed by atoms with E-state index < -0.39 is 0 Å². The standard InChI is InChI=1S/C17H28N2O2/c1-13(11-12-18)3-10-17(21)19-14(2)4-5-15-6-8-16(20)9-7-15/h6-9,13-14,20H,3-5,10-12,18H2,1-2H3,(H,19,21). The van der Waals surface area contributed by atoms with Gasteiger partial charge in [-0.2, -0.15) is 0 Å². The van der Waals surface area contributed by atoms with E-state index in [-0.39, 0.29) is 17.7 Å². The summed E-state index contributed by atoms with van der Waals surface area (Å²) in [6.07, 6.45) is 4.24. The Kier molecular flexibility index (Phi) is 7.83.